The lowest BCUT2D eigenvalue weighted by atomic mass is 10.2. The Hall–Kier alpha value is -2.51. The van der Waals surface area contributed by atoms with Gasteiger partial charge in [-0.25, -0.2) is 4.90 Å². The van der Waals surface area contributed by atoms with Crippen molar-refractivity contribution in [2.24, 2.45) is 0 Å². The minimum absolute atomic E-state index is 0.0221. The number of benzene rings is 2. The van der Waals surface area contributed by atoms with E-state index in [1.807, 2.05) is 0 Å². The van der Waals surface area contributed by atoms with Crippen molar-refractivity contribution in [3.63, 3.8) is 0 Å². The molecule has 1 heterocycles. The van der Waals surface area contributed by atoms with E-state index < -0.39 is 11.8 Å². The summed E-state index contributed by atoms with van der Waals surface area (Å²) in [6.07, 6.45) is 0. The van der Waals surface area contributed by atoms with E-state index in [-0.39, 0.29) is 10.7 Å². The van der Waals surface area contributed by atoms with Crippen LogP contribution in [0.4, 0.5) is 11.4 Å². The van der Waals surface area contributed by atoms with E-state index >= 15 is 0 Å². The molecule has 0 aliphatic carbocycles. The number of hydrogen-bond donors (Lipinski definition) is 1. The number of rotatable bonds is 5. The summed E-state index contributed by atoms with van der Waals surface area (Å²) in [5, 5.41) is 2.71. The Morgan fingerprint density at radius 1 is 1.00 bits per heavy atom. The van der Waals surface area contributed by atoms with Crippen molar-refractivity contribution in [1.29, 1.82) is 0 Å². The number of carbonyl (C=O) groups excluding carboxylic acids is 2. The average Bonchev–Trinajstić information content (AvgIpc) is 2.86. The Morgan fingerprint density at radius 3 is 2.31 bits per heavy atom. The van der Waals surface area contributed by atoms with Gasteiger partial charge in [-0.3, -0.25) is 9.59 Å². The summed E-state index contributed by atoms with van der Waals surface area (Å²) in [6.45, 7) is 0. The third-order valence-electron chi connectivity index (χ3n) is 3.78. The van der Waals surface area contributed by atoms with E-state index in [0.29, 0.717) is 22.9 Å². The zero-order valence-corrected chi connectivity index (χ0v) is 16.2. The molecule has 8 heteroatoms. The number of amides is 2. The molecular formula is C18H14BrClN2O4. The summed E-state index contributed by atoms with van der Waals surface area (Å²) in [6, 6.07) is 11.8. The van der Waals surface area contributed by atoms with Gasteiger partial charge in [0.15, 0.2) is 0 Å². The molecule has 1 aliphatic heterocycles. The molecule has 3 rings (SSSR count). The van der Waals surface area contributed by atoms with Crippen molar-refractivity contribution in [3.05, 3.63) is 57.7 Å². The number of hydrogen-bond acceptors (Lipinski definition) is 5. The van der Waals surface area contributed by atoms with Crippen LogP contribution in [0.25, 0.3) is 0 Å². The van der Waals surface area contributed by atoms with Crippen molar-refractivity contribution in [2.45, 2.75) is 0 Å². The fourth-order valence-electron chi connectivity index (χ4n) is 2.48. The normalized spacial score (nSPS) is 14.1. The van der Waals surface area contributed by atoms with Crippen molar-refractivity contribution in [3.8, 4) is 11.5 Å². The van der Waals surface area contributed by atoms with Gasteiger partial charge in [0.1, 0.15) is 22.2 Å². The summed E-state index contributed by atoms with van der Waals surface area (Å²) < 4.78 is 11.3. The Labute approximate surface area is 163 Å². The first kappa shape index (κ1) is 18.3. The van der Waals surface area contributed by atoms with Crippen molar-refractivity contribution >= 4 is 50.7 Å². The van der Waals surface area contributed by atoms with Crippen LogP contribution < -0.4 is 19.7 Å². The van der Waals surface area contributed by atoms with Crippen LogP contribution in [-0.2, 0) is 9.59 Å². The Kier molecular flexibility index (Phi) is 5.20. The smallest absolute Gasteiger partial charge is 0.283 e. The average molecular weight is 438 g/mol. The van der Waals surface area contributed by atoms with Crippen molar-refractivity contribution < 1.29 is 19.1 Å². The predicted octanol–water partition coefficient (Wildman–Crippen LogP) is 3.90. The Bertz CT molecular complexity index is 912. The SMILES string of the molecule is COc1ccc(OC)c(NC2=C(Cl)C(=O)N(c3ccc(Br)cc3)C2=O)c1. The second-order valence-corrected chi connectivity index (χ2v) is 6.60. The Morgan fingerprint density at radius 2 is 1.69 bits per heavy atom. The molecule has 0 saturated carbocycles. The lowest BCUT2D eigenvalue weighted by Gasteiger charge is -2.16. The molecule has 2 aromatic rings. The fourth-order valence-corrected chi connectivity index (χ4v) is 2.96. The zero-order chi connectivity index (χ0) is 18.8. The van der Waals surface area contributed by atoms with Gasteiger partial charge in [-0.15, -0.1) is 0 Å². The van der Waals surface area contributed by atoms with E-state index in [4.69, 9.17) is 21.1 Å². The van der Waals surface area contributed by atoms with Gasteiger partial charge in [-0.05, 0) is 36.4 Å². The van der Waals surface area contributed by atoms with Gasteiger partial charge in [0.05, 0.1) is 25.6 Å². The number of ether oxygens (including phenoxy) is 2. The van der Waals surface area contributed by atoms with Gasteiger partial charge in [0.2, 0.25) is 0 Å². The quantitative estimate of drug-likeness (QED) is 0.719. The Balaban J connectivity index is 1.95. The molecule has 0 aromatic heterocycles. The summed E-state index contributed by atoms with van der Waals surface area (Å²) in [4.78, 5) is 26.3. The number of imide groups is 1. The second kappa shape index (κ2) is 7.39. The van der Waals surface area contributed by atoms with E-state index in [9.17, 15) is 9.59 Å². The van der Waals surface area contributed by atoms with E-state index in [0.717, 1.165) is 9.37 Å². The maximum Gasteiger partial charge on any atom is 0.283 e. The van der Waals surface area contributed by atoms with Gasteiger partial charge in [-0.1, -0.05) is 27.5 Å². The van der Waals surface area contributed by atoms with Crippen LogP contribution in [0.3, 0.4) is 0 Å². The molecule has 6 nitrogen and oxygen atoms in total. The van der Waals surface area contributed by atoms with Gasteiger partial charge in [0.25, 0.3) is 11.8 Å². The largest absolute Gasteiger partial charge is 0.497 e. The number of nitrogens with zero attached hydrogens (tertiary/aromatic N) is 1. The summed E-state index contributed by atoms with van der Waals surface area (Å²) in [5.41, 5.74) is 0.862. The molecule has 0 atom stereocenters. The molecule has 1 aliphatic rings. The second-order valence-electron chi connectivity index (χ2n) is 5.30. The number of methoxy groups -OCH3 is 2. The predicted molar refractivity (Wildman–Crippen MR) is 103 cm³/mol. The minimum Gasteiger partial charge on any atom is -0.497 e. The highest BCUT2D eigenvalue weighted by molar-refractivity contribution is 9.10. The standard InChI is InChI=1S/C18H14BrClN2O4/c1-25-12-7-8-14(26-2)13(9-12)21-16-15(20)17(23)22(18(16)24)11-5-3-10(19)4-6-11/h3-9,21H,1-2H3. The van der Waals surface area contributed by atoms with Crippen LogP contribution >= 0.6 is 27.5 Å². The van der Waals surface area contributed by atoms with Crippen LogP contribution in [0.1, 0.15) is 0 Å². The van der Waals surface area contributed by atoms with Crippen molar-refractivity contribution in [2.75, 3.05) is 24.4 Å². The van der Waals surface area contributed by atoms with Gasteiger partial charge in [-0.2, -0.15) is 0 Å². The highest BCUT2D eigenvalue weighted by Crippen LogP contribution is 2.34. The molecule has 0 fully saturated rings. The maximum atomic E-state index is 12.8. The number of carbonyl (C=O) groups is 2. The van der Waals surface area contributed by atoms with Gasteiger partial charge in [0, 0.05) is 10.5 Å². The lowest BCUT2D eigenvalue weighted by Crippen LogP contribution is -2.32. The third kappa shape index (κ3) is 3.27. The first-order valence-corrected chi connectivity index (χ1v) is 8.66. The minimum atomic E-state index is -0.594. The topological polar surface area (TPSA) is 67.9 Å². The number of nitrogens with one attached hydrogen (secondary N) is 1. The maximum absolute atomic E-state index is 12.8. The highest BCUT2D eigenvalue weighted by Gasteiger charge is 2.39. The highest BCUT2D eigenvalue weighted by atomic mass is 79.9. The first-order chi connectivity index (χ1) is 12.5. The van der Waals surface area contributed by atoms with Crippen molar-refractivity contribution in [1.82, 2.24) is 0 Å². The molecule has 134 valence electrons. The third-order valence-corrected chi connectivity index (χ3v) is 4.66. The fraction of sp³-hybridized carbons (Fsp3) is 0.111. The molecular weight excluding hydrogens is 424 g/mol. The molecule has 0 radical (unpaired) electrons. The van der Waals surface area contributed by atoms with Crippen LogP contribution in [0.15, 0.2) is 57.7 Å². The molecule has 0 saturated heterocycles. The van der Waals surface area contributed by atoms with Gasteiger partial charge >= 0.3 is 0 Å². The van der Waals surface area contributed by atoms with E-state index in [1.165, 1.54) is 14.2 Å². The first-order valence-electron chi connectivity index (χ1n) is 7.49. The summed E-state index contributed by atoms with van der Waals surface area (Å²) >= 11 is 9.46. The molecule has 0 unspecified atom stereocenters. The molecule has 0 bridgehead atoms. The molecule has 2 aromatic carbocycles. The van der Waals surface area contributed by atoms with Crippen LogP contribution in [-0.4, -0.2) is 26.0 Å². The van der Waals surface area contributed by atoms with Crippen LogP contribution in [0.5, 0.6) is 11.5 Å². The zero-order valence-electron chi connectivity index (χ0n) is 13.9. The molecule has 2 amide bonds. The van der Waals surface area contributed by atoms with E-state index in [1.54, 1.807) is 42.5 Å². The van der Waals surface area contributed by atoms with Crippen LogP contribution in [0, 0.1) is 0 Å². The lowest BCUT2D eigenvalue weighted by molar-refractivity contribution is -0.120. The molecule has 26 heavy (non-hydrogen) atoms. The summed E-state index contributed by atoms with van der Waals surface area (Å²) in [5.74, 6) is -0.104. The molecule has 1 N–H and O–H groups in total. The van der Waals surface area contributed by atoms with E-state index in [2.05, 4.69) is 21.2 Å². The monoisotopic (exact) mass is 436 g/mol. The molecule has 0 spiro atoms. The van der Waals surface area contributed by atoms with Gasteiger partial charge < -0.3 is 14.8 Å². The number of anilines is 2. The van der Waals surface area contributed by atoms with Crippen LogP contribution in [0.2, 0.25) is 0 Å². The summed E-state index contributed by atoms with van der Waals surface area (Å²) in [7, 11) is 3.02. The number of halogens is 2.